The van der Waals surface area contributed by atoms with Crippen LogP contribution in [0.25, 0.3) is 11.0 Å². The van der Waals surface area contributed by atoms with E-state index in [0.29, 0.717) is 17.0 Å². The van der Waals surface area contributed by atoms with Crippen molar-refractivity contribution in [2.75, 3.05) is 5.73 Å². The molecule has 20 heavy (non-hydrogen) atoms. The van der Waals surface area contributed by atoms with Crippen molar-refractivity contribution in [2.45, 2.75) is 13.0 Å². The van der Waals surface area contributed by atoms with Gasteiger partial charge in [0.15, 0.2) is 0 Å². The summed E-state index contributed by atoms with van der Waals surface area (Å²) in [5, 5.41) is 0. The number of rotatable bonds is 2. The Hall–Kier alpha value is -2.43. The number of fused-ring (bicyclic) bond motifs is 1. The predicted molar refractivity (Wildman–Crippen MR) is 74.3 cm³/mol. The molecular weight excluding hydrogens is 260 g/mol. The molecule has 3 rings (SSSR count). The Kier molecular flexibility index (Phi) is 2.89. The number of nitrogens with zero attached hydrogens (tertiary/aromatic N) is 2. The highest BCUT2D eigenvalue weighted by Gasteiger charge is 2.16. The summed E-state index contributed by atoms with van der Waals surface area (Å²) >= 11 is 0. The standard InChI is InChI=1S/C15H13F2N3/c1-9(10-2-4-11(16)5-3-10)20-14-8-12(17)6-7-13(14)19-15(20)18/h2-9H,1H3,(H2,18,19). The van der Waals surface area contributed by atoms with Crippen molar-refractivity contribution in [3.63, 3.8) is 0 Å². The number of imidazole rings is 1. The highest BCUT2D eigenvalue weighted by atomic mass is 19.1. The third-order valence-electron chi connectivity index (χ3n) is 3.42. The molecule has 0 fully saturated rings. The molecule has 0 aliphatic carbocycles. The lowest BCUT2D eigenvalue weighted by Gasteiger charge is -2.16. The van der Waals surface area contributed by atoms with E-state index in [9.17, 15) is 8.78 Å². The Morgan fingerprint density at radius 3 is 2.40 bits per heavy atom. The number of anilines is 1. The smallest absolute Gasteiger partial charge is 0.201 e. The SMILES string of the molecule is CC(c1ccc(F)cc1)n1c(N)nc2ccc(F)cc21. The lowest BCUT2D eigenvalue weighted by atomic mass is 10.1. The third kappa shape index (κ3) is 2.01. The molecule has 0 spiro atoms. The van der Waals surface area contributed by atoms with Crippen LogP contribution in [0.4, 0.5) is 14.7 Å². The van der Waals surface area contributed by atoms with Crippen molar-refractivity contribution in [2.24, 2.45) is 0 Å². The molecule has 0 saturated heterocycles. The number of nitrogens with two attached hydrogens (primary N) is 1. The van der Waals surface area contributed by atoms with E-state index in [1.54, 1.807) is 22.8 Å². The molecule has 2 aromatic carbocycles. The molecule has 3 nitrogen and oxygen atoms in total. The Morgan fingerprint density at radius 2 is 1.70 bits per heavy atom. The van der Waals surface area contributed by atoms with Crippen LogP contribution in [0.1, 0.15) is 18.5 Å². The molecule has 0 aliphatic rings. The largest absolute Gasteiger partial charge is 0.369 e. The van der Waals surface area contributed by atoms with Crippen molar-refractivity contribution in [3.05, 3.63) is 59.7 Å². The van der Waals surface area contributed by atoms with Crippen molar-refractivity contribution < 1.29 is 8.78 Å². The van der Waals surface area contributed by atoms with E-state index in [-0.39, 0.29) is 17.7 Å². The van der Waals surface area contributed by atoms with E-state index in [0.717, 1.165) is 5.56 Å². The second kappa shape index (κ2) is 4.59. The Morgan fingerprint density at radius 1 is 1.05 bits per heavy atom. The van der Waals surface area contributed by atoms with E-state index < -0.39 is 0 Å². The van der Waals surface area contributed by atoms with Gasteiger partial charge < -0.3 is 10.3 Å². The van der Waals surface area contributed by atoms with Gasteiger partial charge in [0.05, 0.1) is 17.1 Å². The van der Waals surface area contributed by atoms with Gasteiger partial charge in [-0.1, -0.05) is 12.1 Å². The minimum absolute atomic E-state index is 0.164. The molecule has 0 radical (unpaired) electrons. The minimum atomic E-state index is -0.343. The van der Waals surface area contributed by atoms with E-state index in [2.05, 4.69) is 4.98 Å². The van der Waals surface area contributed by atoms with Gasteiger partial charge in [-0.25, -0.2) is 13.8 Å². The summed E-state index contributed by atoms with van der Waals surface area (Å²) in [6.45, 7) is 1.91. The molecule has 102 valence electrons. The first-order valence-electron chi connectivity index (χ1n) is 6.24. The fourth-order valence-corrected chi connectivity index (χ4v) is 2.38. The second-order valence-corrected chi connectivity index (χ2v) is 4.70. The van der Waals surface area contributed by atoms with Gasteiger partial charge in [0.1, 0.15) is 11.6 Å². The molecule has 0 bridgehead atoms. The first-order chi connectivity index (χ1) is 9.56. The Labute approximate surface area is 114 Å². The van der Waals surface area contributed by atoms with E-state index in [1.807, 2.05) is 6.92 Å². The highest BCUT2D eigenvalue weighted by Crippen LogP contribution is 2.27. The van der Waals surface area contributed by atoms with Gasteiger partial charge in [-0.2, -0.15) is 0 Å². The van der Waals surface area contributed by atoms with Crippen LogP contribution in [0.3, 0.4) is 0 Å². The van der Waals surface area contributed by atoms with Gasteiger partial charge in [0.25, 0.3) is 0 Å². The van der Waals surface area contributed by atoms with Crippen LogP contribution < -0.4 is 5.73 Å². The van der Waals surface area contributed by atoms with Crippen LogP contribution in [0, 0.1) is 11.6 Å². The summed E-state index contributed by atoms with van der Waals surface area (Å²) in [6.07, 6.45) is 0. The zero-order chi connectivity index (χ0) is 14.3. The average Bonchev–Trinajstić information content (AvgIpc) is 2.74. The summed E-state index contributed by atoms with van der Waals surface area (Å²) in [5.74, 6) is -0.331. The van der Waals surface area contributed by atoms with Gasteiger partial charge in [-0.3, -0.25) is 0 Å². The lowest BCUT2D eigenvalue weighted by Crippen LogP contribution is -2.10. The summed E-state index contributed by atoms with van der Waals surface area (Å²) < 4.78 is 28.1. The van der Waals surface area contributed by atoms with E-state index in [1.165, 1.54) is 24.3 Å². The summed E-state index contributed by atoms with van der Waals surface area (Å²) in [4.78, 5) is 4.22. The normalized spacial score (nSPS) is 12.8. The van der Waals surface area contributed by atoms with E-state index in [4.69, 9.17) is 5.73 Å². The Bertz CT molecular complexity index is 763. The zero-order valence-electron chi connectivity index (χ0n) is 10.8. The number of benzene rings is 2. The van der Waals surface area contributed by atoms with Gasteiger partial charge in [0, 0.05) is 0 Å². The molecule has 0 aliphatic heterocycles. The number of hydrogen-bond donors (Lipinski definition) is 1. The van der Waals surface area contributed by atoms with Crippen LogP contribution in [0.2, 0.25) is 0 Å². The fourth-order valence-electron chi connectivity index (χ4n) is 2.38. The lowest BCUT2D eigenvalue weighted by molar-refractivity contribution is 0.618. The van der Waals surface area contributed by atoms with Gasteiger partial charge >= 0.3 is 0 Å². The molecule has 2 N–H and O–H groups in total. The van der Waals surface area contributed by atoms with Crippen molar-refractivity contribution in [3.8, 4) is 0 Å². The predicted octanol–water partition coefficient (Wildman–Crippen LogP) is 3.51. The van der Waals surface area contributed by atoms with Gasteiger partial charge in [-0.15, -0.1) is 0 Å². The summed E-state index contributed by atoms with van der Waals surface area (Å²) in [7, 11) is 0. The van der Waals surface area contributed by atoms with Crippen LogP contribution in [-0.4, -0.2) is 9.55 Å². The maximum Gasteiger partial charge on any atom is 0.201 e. The minimum Gasteiger partial charge on any atom is -0.369 e. The van der Waals surface area contributed by atoms with E-state index >= 15 is 0 Å². The van der Waals surface area contributed by atoms with Crippen LogP contribution in [0.15, 0.2) is 42.5 Å². The molecule has 1 heterocycles. The van der Waals surface area contributed by atoms with Crippen molar-refractivity contribution in [1.82, 2.24) is 9.55 Å². The van der Waals surface area contributed by atoms with Gasteiger partial charge in [-0.05, 0) is 42.8 Å². The molecule has 1 atom stereocenters. The third-order valence-corrected chi connectivity index (χ3v) is 3.42. The molecular formula is C15H13F2N3. The molecule has 0 saturated carbocycles. The van der Waals surface area contributed by atoms with Gasteiger partial charge in [0.2, 0.25) is 5.95 Å². The fraction of sp³-hybridized carbons (Fsp3) is 0.133. The maximum atomic E-state index is 13.4. The quantitative estimate of drug-likeness (QED) is 0.776. The molecule has 1 aromatic heterocycles. The topological polar surface area (TPSA) is 43.8 Å². The summed E-state index contributed by atoms with van der Waals surface area (Å²) in [6, 6.07) is 10.3. The van der Waals surface area contributed by atoms with Crippen molar-refractivity contribution >= 4 is 17.0 Å². The average molecular weight is 273 g/mol. The monoisotopic (exact) mass is 273 g/mol. The highest BCUT2D eigenvalue weighted by molar-refractivity contribution is 5.78. The maximum absolute atomic E-state index is 13.4. The first-order valence-corrected chi connectivity index (χ1v) is 6.24. The van der Waals surface area contributed by atoms with Crippen LogP contribution in [-0.2, 0) is 0 Å². The number of halogens is 2. The van der Waals surface area contributed by atoms with Crippen molar-refractivity contribution in [1.29, 1.82) is 0 Å². The molecule has 0 amide bonds. The van der Waals surface area contributed by atoms with Crippen LogP contribution >= 0.6 is 0 Å². The van der Waals surface area contributed by atoms with Crippen LogP contribution in [0.5, 0.6) is 0 Å². The summed E-state index contributed by atoms with van der Waals surface area (Å²) in [5.41, 5.74) is 8.06. The molecule has 1 unspecified atom stereocenters. The second-order valence-electron chi connectivity index (χ2n) is 4.70. The molecule has 5 heteroatoms. The zero-order valence-corrected chi connectivity index (χ0v) is 10.8. The first kappa shape index (κ1) is 12.6. The number of aromatic nitrogens is 2. The number of hydrogen-bond acceptors (Lipinski definition) is 2. The number of nitrogen functional groups attached to an aromatic ring is 1. The Balaban J connectivity index is 2.15. The molecule has 3 aromatic rings.